The molecule has 20 heavy (non-hydrogen) atoms. The van der Waals surface area contributed by atoms with E-state index in [9.17, 15) is 4.79 Å². The van der Waals surface area contributed by atoms with E-state index in [1.165, 1.54) is 6.42 Å². The summed E-state index contributed by atoms with van der Waals surface area (Å²) in [5.41, 5.74) is 1.86. The summed E-state index contributed by atoms with van der Waals surface area (Å²) in [4.78, 5) is 12.0. The summed E-state index contributed by atoms with van der Waals surface area (Å²) in [5.74, 6) is 1.46. The normalized spacial score (nSPS) is 15.0. The fraction of sp³-hybridized carbons (Fsp3) is 0.353. The van der Waals surface area contributed by atoms with Crippen molar-refractivity contribution in [3.8, 4) is 11.5 Å². The first kappa shape index (κ1) is 14.4. The zero-order chi connectivity index (χ0) is 14.4. The van der Waals surface area contributed by atoms with Gasteiger partial charge in [0.05, 0.1) is 14.2 Å². The maximum Gasteiger partial charge on any atom is 0.181 e. The Morgan fingerprint density at radius 1 is 1.15 bits per heavy atom. The number of methoxy groups -OCH3 is 2. The van der Waals surface area contributed by atoms with Gasteiger partial charge in [-0.3, -0.25) is 4.79 Å². The van der Waals surface area contributed by atoms with Gasteiger partial charge in [0.15, 0.2) is 17.3 Å². The van der Waals surface area contributed by atoms with Crippen LogP contribution in [0.25, 0.3) is 6.08 Å². The molecule has 1 aromatic rings. The van der Waals surface area contributed by atoms with E-state index in [1.54, 1.807) is 20.3 Å². The molecule has 0 spiro atoms. The molecule has 1 aliphatic rings. The lowest BCUT2D eigenvalue weighted by Gasteiger charge is -2.09. The molecule has 106 valence electrons. The highest BCUT2D eigenvalue weighted by Gasteiger charge is 2.09. The number of benzene rings is 1. The minimum Gasteiger partial charge on any atom is -0.493 e. The maximum absolute atomic E-state index is 12.0. The average Bonchev–Trinajstić information content (AvgIpc) is 2.53. The Morgan fingerprint density at radius 3 is 2.60 bits per heavy atom. The quantitative estimate of drug-likeness (QED) is 0.765. The van der Waals surface area contributed by atoms with Crippen molar-refractivity contribution in [2.45, 2.75) is 25.7 Å². The highest BCUT2D eigenvalue weighted by Crippen LogP contribution is 2.28. The zero-order valence-corrected chi connectivity index (χ0v) is 12.0. The molecule has 2 rings (SSSR count). The molecule has 0 bridgehead atoms. The van der Waals surface area contributed by atoms with Crippen molar-refractivity contribution < 1.29 is 14.3 Å². The van der Waals surface area contributed by atoms with Crippen molar-refractivity contribution in [1.29, 1.82) is 0 Å². The Bertz CT molecular complexity index is 541. The zero-order valence-electron chi connectivity index (χ0n) is 12.0. The van der Waals surface area contributed by atoms with Crippen LogP contribution in [0, 0.1) is 0 Å². The summed E-state index contributed by atoms with van der Waals surface area (Å²) in [6.45, 7) is 0. The third-order valence-electron chi connectivity index (χ3n) is 3.44. The van der Waals surface area contributed by atoms with E-state index in [1.807, 2.05) is 24.3 Å². The molecule has 0 amide bonds. The number of hydrogen-bond donors (Lipinski definition) is 0. The lowest BCUT2D eigenvalue weighted by Crippen LogP contribution is -2.02. The van der Waals surface area contributed by atoms with Gasteiger partial charge in [-0.05, 0) is 55.0 Å². The minimum absolute atomic E-state index is 0.111. The second kappa shape index (κ2) is 6.94. The van der Waals surface area contributed by atoms with E-state index < -0.39 is 0 Å². The van der Waals surface area contributed by atoms with Gasteiger partial charge in [-0.25, -0.2) is 0 Å². The molecule has 3 nitrogen and oxygen atoms in total. The van der Waals surface area contributed by atoms with Crippen molar-refractivity contribution in [3.63, 3.8) is 0 Å². The molecule has 1 aromatic carbocycles. The van der Waals surface area contributed by atoms with Gasteiger partial charge >= 0.3 is 0 Å². The number of rotatable bonds is 5. The number of ether oxygens (including phenoxy) is 2. The van der Waals surface area contributed by atoms with Crippen LogP contribution in [0.1, 0.15) is 31.2 Å². The minimum atomic E-state index is 0.111. The Kier molecular flexibility index (Phi) is 4.99. The molecular formula is C17H20O3. The second-order valence-corrected chi connectivity index (χ2v) is 4.79. The molecule has 0 saturated carbocycles. The van der Waals surface area contributed by atoms with Crippen molar-refractivity contribution in [2.75, 3.05) is 14.2 Å². The molecule has 0 aliphatic heterocycles. The fourth-order valence-corrected chi connectivity index (χ4v) is 2.30. The van der Waals surface area contributed by atoms with Gasteiger partial charge in [0.25, 0.3) is 0 Å². The van der Waals surface area contributed by atoms with Crippen LogP contribution in [0.5, 0.6) is 11.5 Å². The Hall–Kier alpha value is -2.03. The van der Waals surface area contributed by atoms with E-state index in [4.69, 9.17) is 9.47 Å². The molecular weight excluding hydrogens is 252 g/mol. The fourth-order valence-electron chi connectivity index (χ4n) is 2.30. The summed E-state index contributed by atoms with van der Waals surface area (Å²) in [6.07, 6.45) is 9.74. The number of carbonyl (C=O) groups is 1. The van der Waals surface area contributed by atoms with Crippen LogP contribution in [-0.2, 0) is 4.79 Å². The van der Waals surface area contributed by atoms with Gasteiger partial charge in [0, 0.05) is 0 Å². The molecule has 0 saturated heterocycles. The van der Waals surface area contributed by atoms with E-state index in [0.717, 1.165) is 30.4 Å². The lowest BCUT2D eigenvalue weighted by molar-refractivity contribution is -0.111. The highest BCUT2D eigenvalue weighted by molar-refractivity contribution is 6.06. The number of allylic oxidation sites excluding steroid dienone is 3. The molecule has 0 N–H and O–H groups in total. The molecule has 0 radical (unpaired) electrons. The van der Waals surface area contributed by atoms with E-state index in [0.29, 0.717) is 11.5 Å². The van der Waals surface area contributed by atoms with Crippen LogP contribution < -0.4 is 9.47 Å². The number of carbonyl (C=O) groups excluding carboxylic acids is 1. The van der Waals surface area contributed by atoms with Gasteiger partial charge in [-0.15, -0.1) is 0 Å². The Morgan fingerprint density at radius 2 is 1.95 bits per heavy atom. The lowest BCUT2D eigenvalue weighted by atomic mass is 9.96. The van der Waals surface area contributed by atoms with Crippen LogP contribution in [0.3, 0.4) is 0 Å². The average molecular weight is 272 g/mol. The van der Waals surface area contributed by atoms with Crippen LogP contribution in [0.4, 0.5) is 0 Å². The molecule has 0 fully saturated rings. The van der Waals surface area contributed by atoms with Crippen LogP contribution in [0.2, 0.25) is 0 Å². The molecule has 0 heterocycles. The number of hydrogen-bond acceptors (Lipinski definition) is 3. The summed E-state index contributed by atoms with van der Waals surface area (Å²) in [6, 6.07) is 5.60. The molecule has 3 heteroatoms. The van der Waals surface area contributed by atoms with Crippen molar-refractivity contribution >= 4 is 11.9 Å². The largest absolute Gasteiger partial charge is 0.493 e. The number of ketones is 1. The monoisotopic (exact) mass is 272 g/mol. The smallest absolute Gasteiger partial charge is 0.181 e. The molecule has 1 aliphatic carbocycles. The maximum atomic E-state index is 12.0. The molecule has 0 atom stereocenters. The third-order valence-corrected chi connectivity index (χ3v) is 3.44. The van der Waals surface area contributed by atoms with Gasteiger partial charge in [0.1, 0.15) is 0 Å². The van der Waals surface area contributed by atoms with Crippen LogP contribution >= 0.6 is 0 Å². The first-order valence-electron chi connectivity index (χ1n) is 6.88. The third kappa shape index (κ3) is 3.50. The van der Waals surface area contributed by atoms with E-state index in [-0.39, 0.29) is 5.78 Å². The molecule has 0 aromatic heterocycles. The molecule has 0 unspecified atom stereocenters. The van der Waals surface area contributed by atoms with Gasteiger partial charge < -0.3 is 9.47 Å². The predicted molar refractivity (Wildman–Crippen MR) is 80.1 cm³/mol. The van der Waals surface area contributed by atoms with Crippen LogP contribution in [-0.4, -0.2) is 20.0 Å². The van der Waals surface area contributed by atoms with E-state index >= 15 is 0 Å². The second-order valence-electron chi connectivity index (χ2n) is 4.79. The first-order chi connectivity index (χ1) is 9.74. The Labute approximate surface area is 119 Å². The summed E-state index contributed by atoms with van der Waals surface area (Å²) in [7, 11) is 3.20. The predicted octanol–water partition coefficient (Wildman–Crippen LogP) is 3.79. The first-order valence-corrected chi connectivity index (χ1v) is 6.88. The SMILES string of the molecule is COc1ccc(/C=C/C(=O)C2=CCCCC2)cc1OC. The topological polar surface area (TPSA) is 35.5 Å². The van der Waals surface area contributed by atoms with Crippen LogP contribution in [0.15, 0.2) is 35.9 Å². The summed E-state index contributed by atoms with van der Waals surface area (Å²) >= 11 is 0. The van der Waals surface area contributed by atoms with Crippen molar-refractivity contribution in [1.82, 2.24) is 0 Å². The van der Waals surface area contributed by atoms with E-state index in [2.05, 4.69) is 6.08 Å². The summed E-state index contributed by atoms with van der Waals surface area (Å²) in [5, 5.41) is 0. The van der Waals surface area contributed by atoms with Crippen molar-refractivity contribution in [2.24, 2.45) is 0 Å². The van der Waals surface area contributed by atoms with Crippen molar-refractivity contribution in [3.05, 3.63) is 41.5 Å². The standard InChI is InChI=1S/C17H20O3/c1-19-16-11-9-13(12-17(16)20-2)8-10-15(18)14-6-4-3-5-7-14/h6,8-12H,3-5,7H2,1-2H3/b10-8+. The van der Waals surface area contributed by atoms with Gasteiger partial charge in [-0.2, -0.15) is 0 Å². The van der Waals surface area contributed by atoms with Gasteiger partial charge in [0.2, 0.25) is 0 Å². The Balaban J connectivity index is 2.11. The van der Waals surface area contributed by atoms with Gasteiger partial charge in [-0.1, -0.05) is 18.2 Å². The summed E-state index contributed by atoms with van der Waals surface area (Å²) < 4.78 is 10.4. The highest BCUT2D eigenvalue weighted by atomic mass is 16.5.